The first-order chi connectivity index (χ1) is 14.1. The van der Waals surface area contributed by atoms with E-state index in [-0.39, 0.29) is 12.1 Å². The minimum atomic E-state index is 0.0924. The van der Waals surface area contributed by atoms with Crippen LogP contribution in [-0.4, -0.2) is 13.1 Å². The van der Waals surface area contributed by atoms with Crippen molar-refractivity contribution in [2.45, 2.75) is 78.3 Å². The molecular weight excluding hydrogens is 354 g/mol. The lowest BCUT2D eigenvalue weighted by atomic mass is 9.90. The minimum Gasteiger partial charge on any atom is -0.324 e. The molecule has 0 heterocycles. The first-order valence-corrected chi connectivity index (χ1v) is 11.5. The molecule has 2 rings (SSSR count). The van der Waals surface area contributed by atoms with Gasteiger partial charge in [-0.25, -0.2) is 0 Å². The molecule has 2 atom stereocenters. The second-order valence-electron chi connectivity index (χ2n) is 7.93. The number of hydrogen-bond donors (Lipinski definition) is 3. The molecule has 0 aliphatic carbocycles. The van der Waals surface area contributed by atoms with Gasteiger partial charge in [0, 0.05) is 12.1 Å². The average Bonchev–Trinajstić information content (AvgIpc) is 2.76. The van der Waals surface area contributed by atoms with E-state index in [0.717, 1.165) is 51.6 Å². The standard InChI is InChI=1S/C26H41N3/c1-5-19-11-9-12-20(6-2)25(19)23(27)15-17-29-18-16-24(28)26-21(7-3)13-10-14-22(26)8-4/h9-14,23-24,29H,5-8,15-18,27-28H2,1-4H3. The maximum absolute atomic E-state index is 6.59. The summed E-state index contributed by atoms with van der Waals surface area (Å²) >= 11 is 0. The van der Waals surface area contributed by atoms with E-state index in [1.165, 1.54) is 33.4 Å². The van der Waals surface area contributed by atoms with Gasteiger partial charge in [0.1, 0.15) is 0 Å². The third kappa shape index (κ3) is 6.15. The van der Waals surface area contributed by atoms with Crippen molar-refractivity contribution in [3.05, 3.63) is 69.8 Å². The molecule has 3 heteroatoms. The maximum atomic E-state index is 6.59. The molecule has 0 radical (unpaired) electrons. The van der Waals surface area contributed by atoms with Crippen molar-refractivity contribution >= 4 is 0 Å². The topological polar surface area (TPSA) is 64.1 Å². The van der Waals surface area contributed by atoms with Gasteiger partial charge in [0.25, 0.3) is 0 Å². The van der Waals surface area contributed by atoms with Crippen LogP contribution in [0.2, 0.25) is 0 Å². The molecule has 2 unspecified atom stereocenters. The van der Waals surface area contributed by atoms with E-state index >= 15 is 0 Å². The normalized spacial score (nSPS) is 13.4. The fraction of sp³-hybridized carbons (Fsp3) is 0.538. The number of rotatable bonds is 12. The molecule has 0 bridgehead atoms. The van der Waals surface area contributed by atoms with Crippen LogP contribution in [0.5, 0.6) is 0 Å². The van der Waals surface area contributed by atoms with Gasteiger partial charge in [0.2, 0.25) is 0 Å². The van der Waals surface area contributed by atoms with E-state index < -0.39 is 0 Å². The van der Waals surface area contributed by atoms with Gasteiger partial charge in [0.15, 0.2) is 0 Å². The van der Waals surface area contributed by atoms with Crippen molar-refractivity contribution < 1.29 is 0 Å². The van der Waals surface area contributed by atoms with Crippen LogP contribution < -0.4 is 16.8 Å². The zero-order valence-corrected chi connectivity index (χ0v) is 18.9. The molecule has 3 nitrogen and oxygen atoms in total. The molecule has 0 spiro atoms. The van der Waals surface area contributed by atoms with Gasteiger partial charge >= 0.3 is 0 Å². The Morgan fingerprint density at radius 3 is 1.21 bits per heavy atom. The molecule has 0 saturated carbocycles. The molecule has 0 saturated heterocycles. The molecule has 160 valence electrons. The van der Waals surface area contributed by atoms with Crippen molar-refractivity contribution in [3.63, 3.8) is 0 Å². The molecule has 0 aliphatic rings. The highest BCUT2D eigenvalue weighted by atomic mass is 14.9. The average molecular weight is 396 g/mol. The van der Waals surface area contributed by atoms with E-state index in [4.69, 9.17) is 11.5 Å². The Morgan fingerprint density at radius 1 is 0.621 bits per heavy atom. The van der Waals surface area contributed by atoms with Gasteiger partial charge in [-0.2, -0.15) is 0 Å². The lowest BCUT2D eigenvalue weighted by molar-refractivity contribution is 0.536. The molecule has 2 aromatic carbocycles. The first-order valence-electron chi connectivity index (χ1n) is 11.5. The SMILES string of the molecule is CCc1cccc(CC)c1C(N)CCNCCC(N)c1c(CC)cccc1CC. The molecular formula is C26H41N3. The lowest BCUT2D eigenvalue weighted by Gasteiger charge is -2.21. The van der Waals surface area contributed by atoms with Crippen LogP contribution >= 0.6 is 0 Å². The van der Waals surface area contributed by atoms with Gasteiger partial charge in [-0.15, -0.1) is 0 Å². The molecule has 2 aromatic rings. The van der Waals surface area contributed by atoms with Crippen molar-refractivity contribution in [1.29, 1.82) is 0 Å². The summed E-state index contributed by atoms with van der Waals surface area (Å²) in [5, 5.41) is 3.58. The second kappa shape index (κ2) is 12.1. The van der Waals surface area contributed by atoms with E-state index in [1.807, 2.05) is 0 Å². The van der Waals surface area contributed by atoms with Crippen LogP contribution in [0.25, 0.3) is 0 Å². The Balaban J connectivity index is 1.88. The van der Waals surface area contributed by atoms with Crippen LogP contribution in [0.1, 0.15) is 86.0 Å². The smallest absolute Gasteiger partial charge is 0.0312 e. The zero-order chi connectivity index (χ0) is 21.2. The Labute approximate surface area is 178 Å². The number of benzene rings is 2. The maximum Gasteiger partial charge on any atom is 0.0312 e. The van der Waals surface area contributed by atoms with Gasteiger partial charge in [0.05, 0.1) is 0 Å². The summed E-state index contributed by atoms with van der Waals surface area (Å²) in [5.74, 6) is 0. The lowest BCUT2D eigenvalue weighted by Crippen LogP contribution is -2.26. The summed E-state index contributed by atoms with van der Waals surface area (Å²) in [4.78, 5) is 0. The zero-order valence-electron chi connectivity index (χ0n) is 18.9. The van der Waals surface area contributed by atoms with Crippen LogP contribution in [0.4, 0.5) is 0 Å². The summed E-state index contributed by atoms with van der Waals surface area (Å²) in [6.07, 6.45) is 6.05. The van der Waals surface area contributed by atoms with E-state index in [0.29, 0.717) is 0 Å². The van der Waals surface area contributed by atoms with E-state index in [1.54, 1.807) is 0 Å². The fourth-order valence-corrected chi connectivity index (χ4v) is 4.45. The largest absolute Gasteiger partial charge is 0.324 e. The third-order valence-corrected chi connectivity index (χ3v) is 6.10. The van der Waals surface area contributed by atoms with Crippen molar-refractivity contribution in [2.24, 2.45) is 11.5 Å². The van der Waals surface area contributed by atoms with Gasteiger partial charge in [-0.05, 0) is 85.0 Å². The molecule has 0 aliphatic heterocycles. The van der Waals surface area contributed by atoms with E-state index in [2.05, 4.69) is 69.4 Å². The van der Waals surface area contributed by atoms with Gasteiger partial charge in [-0.1, -0.05) is 64.1 Å². The monoisotopic (exact) mass is 395 g/mol. The Bertz CT molecular complexity index is 646. The van der Waals surface area contributed by atoms with Gasteiger partial charge < -0.3 is 16.8 Å². The van der Waals surface area contributed by atoms with Crippen LogP contribution in [-0.2, 0) is 25.7 Å². The van der Waals surface area contributed by atoms with Crippen LogP contribution in [0.15, 0.2) is 36.4 Å². The quantitative estimate of drug-likeness (QED) is 0.443. The molecule has 0 amide bonds. The summed E-state index contributed by atoms with van der Waals surface area (Å²) in [5.41, 5.74) is 21.5. The molecule has 0 fully saturated rings. The summed E-state index contributed by atoms with van der Waals surface area (Å²) in [6, 6.07) is 13.4. The van der Waals surface area contributed by atoms with Gasteiger partial charge in [-0.3, -0.25) is 0 Å². The highest BCUT2D eigenvalue weighted by molar-refractivity contribution is 5.38. The van der Waals surface area contributed by atoms with E-state index in [9.17, 15) is 0 Å². The Kier molecular flexibility index (Phi) is 9.86. The number of nitrogens with one attached hydrogen (secondary N) is 1. The minimum absolute atomic E-state index is 0.0924. The number of hydrogen-bond acceptors (Lipinski definition) is 3. The van der Waals surface area contributed by atoms with Crippen molar-refractivity contribution in [2.75, 3.05) is 13.1 Å². The summed E-state index contributed by atoms with van der Waals surface area (Å²) in [6.45, 7) is 10.7. The highest BCUT2D eigenvalue weighted by Gasteiger charge is 2.15. The molecule has 5 N–H and O–H groups in total. The molecule has 29 heavy (non-hydrogen) atoms. The van der Waals surface area contributed by atoms with Crippen molar-refractivity contribution in [3.8, 4) is 0 Å². The van der Waals surface area contributed by atoms with Crippen molar-refractivity contribution in [1.82, 2.24) is 5.32 Å². The van der Waals surface area contributed by atoms with Crippen LogP contribution in [0, 0.1) is 0 Å². The predicted octanol–water partition coefficient (Wildman–Crippen LogP) is 5.01. The summed E-state index contributed by atoms with van der Waals surface area (Å²) < 4.78 is 0. The third-order valence-electron chi connectivity index (χ3n) is 6.10. The highest BCUT2D eigenvalue weighted by Crippen LogP contribution is 2.26. The number of aryl methyl sites for hydroxylation is 4. The fourth-order valence-electron chi connectivity index (χ4n) is 4.45. The first kappa shape index (κ1) is 23.6. The predicted molar refractivity (Wildman–Crippen MR) is 126 cm³/mol. The Hall–Kier alpha value is -1.68. The number of nitrogens with two attached hydrogens (primary N) is 2. The summed E-state index contributed by atoms with van der Waals surface area (Å²) in [7, 11) is 0. The Morgan fingerprint density at radius 2 is 0.931 bits per heavy atom. The molecule has 0 aromatic heterocycles. The second-order valence-corrected chi connectivity index (χ2v) is 7.93. The van der Waals surface area contributed by atoms with Crippen LogP contribution in [0.3, 0.4) is 0 Å².